The Kier molecular flexibility index (Phi) is 5.46. The standard InChI is InChI=1S/C19H23N3O/c23-14-2-1-3-16-4-6-17(7-5-16)15-22-12-9-18(10-13-22)19-8-11-20-21-19/h4-8,11,18,23H,2,9-10,12-15H2,(H,20,21). The number of piperidine rings is 1. The van der Waals surface area contributed by atoms with Crippen molar-refractivity contribution < 1.29 is 5.11 Å². The van der Waals surface area contributed by atoms with Crippen LogP contribution in [-0.4, -0.2) is 39.9 Å². The number of likely N-dealkylation sites (tertiary alicyclic amines) is 1. The molecule has 0 saturated carbocycles. The third kappa shape index (κ3) is 4.44. The van der Waals surface area contributed by atoms with Gasteiger partial charge in [0.25, 0.3) is 0 Å². The van der Waals surface area contributed by atoms with Crippen LogP contribution in [0.5, 0.6) is 0 Å². The summed E-state index contributed by atoms with van der Waals surface area (Å²) in [5.74, 6) is 6.64. The second kappa shape index (κ2) is 7.96. The number of nitrogens with one attached hydrogen (secondary N) is 1. The predicted molar refractivity (Wildman–Crippen MR) is 90.9 cm³/mol. The van der Waals surface area contributed by atoms with E-state index in [-0.39, 0.29) is 6.61 Å². The number of benzene rings is 1. The molecule has 2 N–H and O–H groups in total. The zero-order valence-corrected chi connectivity index (χ0v) is 13.3. The first-order chi connectivity index (χ1) is 11.3. The first kappa shape index (κ1) is 15.8. The van der Waals surface area contributed by atoms with Gasteiger partial charge in [0.1, 0.15) is 0 Å². The molecule has 4 nitrogen and oxygen atoms in total. The summed E-state index contributed by atoms with van der Waals surface area (Å²) in [7, 11) is 0. The summed E-state index contributed by atoms with van der Waals surface area (Å²) in [5.41, 5.74) is 3.62. The molecule has 1 fully saturated rings. The van der Waals surface area contributed by atoms with Crippen LogP contribution in [0, 0.1) is 11.8 Å². The molecular weight excluding hydrogens is 286 g/mol. The monoisotopic (exact) mass is 309 g/mol. The SMILES string of the molecule is OCCC#Cc1ccc(CN2CCC(c3ccn[nH]3)CC2)cc1. The molecule has 0 bridgehead atoms. The molecule has 1 aliphatic rings. The average Bonchev–Trinajstić information content (AvgIpc) is 3.12. The van der Waals surface area contributed by atoms with Crippen molar-refractivity contribution in [3.8, 4) is 11.8 Å². The van der Waals surface area contributed by atoms with Gasteiger partial charge in [-0.2, -0.15) is 5.10 Å². The van der Waals surface area contributed by atoms with Gasteiger partial charge in [0.05, 0.1) is 6.61 Å². The summed E-state index contributed by atoms with van der Waals surface area (Å²) >= 11 is 0. The summed E-state index contributed by atoms with van der Waals surface area (Å²) in [6.45, 7) is 3.38. The molecule has 1 aliphatic heterocycles. The zero-order valence-electron chi connectivity index (χ0n) is 13.3. The third-order valence-electron chi connectivity index (χ3n) is 4.38. The van der Waals surface area contributed by atoms with Crippen molar-refractivity contribution >= 4 is 0 Å². The Morgan fingerprint density at radius 1 is 1.17 bits per heavy atom. The van der Waals surface area contributed by atoms with Crippen molar-refractivity contribution in [2.24, 2.45) is 0 Å². The molecule has 2 heterocycles. The number of aliphatic hydroxyl groups is 1. The van der Waals surface area contributed by atoms with Gasteiger partial charge in [-0.05, 0) is 49.7 Å². The summed E-state index contributed by atoms with van der Waals surface area (Å²) in [6, 6.07) is 10.5. The van der Waals surface area contributed by atoms with Gasteiger partial charge in [-0.25, -0.2) is 0 Å². The molecule has 23 heavy (non-hydrogen) atoms. The number of aliphatic hydroxyl groups excluding tert-OH is 1. The van der Waals surface area contributed by atoms with Gasteiger partial charge in [0.15, 0.2) is 0 Å². The highest BCUT2D eigenvalue weighted by molar-refractivity contribution is 5.36. The number of rotatable bonds is 4. The minimum absolute atomic E-state index is 0.125. The second-order valence-corrected chi connectivity index (χ2v) is 6.03. The van der Waals surface area contributed by atoms with Crippen molar-refractivity contribution in [2.45, 2.75) is 31.7 Å². The van der Waals surface area contributed by atoms with Crippen LogP contribution in [0.4, 0.5) is 0 Å². The molecular formula is C19H23N3O. The highest BCUT2D eigenvalue weighted by Crippen LogP contribution is 2.26. The minimum atomic E-state index is 0.125. The quantitative estimate of drug-likeness (QED) is 0.853. The average molecular weight is 309 g/mol. The van der Waals surface area contributed by atoms with Gasteiger partial charge in [-0.15, -0.1) is 0 Å². The Morgan fingerprint density at radius 3 is 2.61 bits per heavy atom. The molecule has 2 aromatic rings. The Morgan fingerprint density at radius 2 is 1.96 bits per heavy atom. The van der Waals surface area contributed by atoms with E-state index >= 15 is 0 Å². The van der Waals surface area contributed by atoms with E-state index in [1.807, 2.05) is 6.20 Å². The molecule has 120 valence electrons. The maximum Gasteiger partial charge on any atom is 0.0540 e. The van der Waals surface area contributed by atoms with Gasteiger partial charge in [-0.3, -0.25) is 10.00 Å². The minimum Gasteiger partial charge on any atom is -0.395 e. The summed E-state index contributed by atoms with van der Waals surface area (Å²) < 4.78 is 0. The number of H-pyrrole nitrogens is 1. The first-order valence-electron chi connectivity index (χ1n) is 8.25. The Labute approximate surface area is 137 Å². The van der Waals surface area contributed by atoms with Crippen molar-refractivity contribution in [3.05, 3.63) is 53.3 Å². The van der Waals surface area contributed by atoms with E-state index in [2.05, 4.69) is 57.3 Å². The molecule has 1 aromatic heterocycles. The fourth-order valence-corrected chi connectivity index (χ4v) is 3.07. The van der Waals surface area contributed by atoms with Crippen molar-refractivity contribution in [2.75, 3.05) is 19.7 Å². The smallest absolute Gasteiger partial charge is 0.0540 e. The van der Waals surface area contributed by atoms with Gasteiger partial charge in [-0.1, -0.05) is 24.0 Å². The highest BCUT2D eigenvalue weighted by Gasteiger charge is 2.21. The fourth-order valence-electron chi connectivity index (χ4n) is 3.07. The summed E-state index contributed by atoms with van der Waals surface area (Å²) in [5, 5.41) is 15.9. The molecule has 0 aliphatic carbocycles. The molecule has 1 saturated heterocycles. The predicted octanol–water partition coefficient (Wildman–Crippen LogP) is 2.52. The number of nitrogens with zero attached hydrogens (tertiary/aromatic N) is 2. The van der Waals surface area contributed by atoms with Gasteiger partial charge < -0.3 is 5.11 Å². The van der Waals surface area contributed by atoms with Crippen LogP contribution in [0.1, 0.15) is 42.0 Å². The van der Waals surface area contributed by atoms with Gasteiger partial charge in [0, 0.05) is 36.3 Å². The number of aromatic amines is 1. The number of aromatic nitrogens is 2. The second-order valence-electron chi connectivity index (χ2n) is 6.03. The molecule has 0 spiro atoms. The molecule has 0 unspecified atom stereocenters. The molecule has 3 rings (SSSR count). The normalized spacial score (nSPS) is 16.0. The Balaban J connectivity index is 1.50. The van der Waals surface area contributed by atoms with Crippen LogP contribution in [-0.2, 0) is 6.54 Å². The van der Waals surface area contributed by atoms with Crippen LogP contribution in [0.15, 0.2) is 36.5 Å². The highest BCUT2D eigenvalue weighted by atomic mass is 16.2. The van der Waals surface area contributed by atoms with E-state index in [0.29, 0.717) is 12.3 Å². The van der Waals surface area contributed by atoms with Crippen molar-refractivity contribution in [1.29, 1.82) is 0 Å². The lowest BCUT2D eigenvalue weighted by molar-refractivity contribution is 0.203. The fraction of sp³-hybridized carbons (Fsp3) is 0.421. The van der Waals surface area contributed by atoms with E-state index in [0.717, 1.165) is 25.2 Å². The zero-order chi connectivity index (χ0) is 15.9. The third-order valence-corrected chi connectivity index (χ3v) is 4.38. The number of hydrogen-bond donors (Lipinski definition) is 2. The van der Waals surface area contributed by atoms with Crippen LogP contribution < -0.4 is 0 Å². The maximum absolute atomic E-state index is 8.74. The van der Waals surface area contributed by atoms with Gasteiger partial charge >= 0.3 is 0 Å². The molecule has 0 radical (unpaired) electrons. The summed E-state index contributed by atoms with van der Waals surface area (Å²) in [6.07, 6.45) is 4.75. The van der Waals surface area contributed by atoms with E-state index in [1.165, 1.54) is 24.1 Å². The molecule has 0 amide bonds. The molecule has 0 atom stereocenters. The lowest BCUT2D eigenvalue weighted by Gasteiger charge is -2.31. The Bertz CT molecular complexity index is 644. The van der Waals surface area contributed by atoms with E-state index in [4.69, 9.17) is 5.11 Å². The van der Waals surface area contributed by atoms with Crippen LogP contribution in [0.3, 0.4) is 0 Å². The lowest BCUT2D eigenvalue weighted by Crippen LogP contribution is -2.32. The maximum atomic E-state index is 8.74. The van der Waals surface area contributed by atoms with E-state index < -0.39 is 0 Å². The van der Waals surface area contributed by atoms with Crippen molar-refractivity contribution in [1.82, 2.24) is 15.1 Å². The number of hydrogen-bond acceptors (Lipinski definition) is 3. The van der Waals surface area contributed by atoms with Gasteiger partial charge in [0.2, 0.25) is 0 Å². The Hall–Kier alpha value is -2.09. The summed E-state index contributed by atoms with van der Waals surface area (Å²) in [4.78, 5) is 2.51. The molecule has 4 heteroatoms. The van der Waals surface area contributed by atoms with Crippen LogP contribution in [0.25, 0.3) is 0 Å². The van der Waals surface area contributed by atoms with E-state index in [9.17, 15) is 0 Å². The topological polar surface area (TPSA) is 52.1 Å². The van der Waals surface area contributed by atoms with Crippen LogP contribution >= 0.6 is 0 Å². The first-order valence-corrected chi connectivity index (χ1v) is 8.25. The van der Waals surface area contributed by atoms with E-state index in [1.54, 1.807) is 0 Å². The lowest BCUT2D eigenvalue weighted by atomic mass is 9.93. The largest absolute Gasteiger partial charge is 0.395 e. The molecule has 1 aromatic carbocycles. The van der Waals surface area contributed by atoms with Crippen LogP contribution in [0.2, 0.25) is 0 Å². The van der Waals surface area contributed by atoms with Crippen molar-refractivity contribution in [3.63, 3.8) is 0 Å².